The zero-order valence-corrected chi connectivity index (χ0v) is 68.5. The van der Waals surface area contributed by atoms with Gasteiger partial charge in [-0.2, -0.15) is 0 Å². The van der Waals surface area contributed by atoms with Gasteiger partial charge in [-0.1, -0.05) is 215 Å². The van der Waals surface area contributed by atoms with Crippen LogP contribution >= 0.6 is 0 Å². The zero-order chi connectivity index (χ0) is 86.3. The average molecular weight is 1660 g/mol. The Labute approximate surface area is 688 Å². The van der Waals surface area contributed by atoms with Gasteiger partial charge >= 0.3 is 0 Å². The molecular weight excluding hydrogens is 1550 g/mol. The molecule has 12 rings (SSSR count). The van der Waals surface area contributed by atoms with Crippen LogP contribution in [0, 0.1) is 70.2 Å². The van der Waals surface area contributed by atoms with Crippen LogP contribution < -0.4 is 18.9 Å². The van der Waals surface area contributed by atoms with Crippen molar-refractivity contribution < 1.29 is 89.2 Å². The molecule has 4 aliphatic rings. The van der Waals surface area contributed by atoms with E-state index >= 15 is 0 Å². The first kappa shape index (κ1) is 99.4. The van der Waals surface area contributed by atoms with Crippen LogP contribution in [-0.4, -0.2) is 27.4 Å². The maximum absolute atomic E-state index is 14.0. The topological polar surface area (TPSA) is 36.9 Å². The minimum atomic E-state index is -1.26. The maximum Gasteiger partial charge on any atom is 0.228 e. The van der Waals surface area contributed by atoms with Gasteiger partial charge in [-0.25, -0.2) is 70.2 Å². The summed E-state index contributed by atoms with van der Waals surface area (Å²) in [6.45, 7) is 14.7. The predicted octanol–water partition coefficient (Wildman–Crippen LogP) is 33.2. The van der Waals surface area contributed by atoms with E-state index in [0.717, 1.165) is 45.9 Å². The Morgan fingerprint density at radius 1 is 0.263 bits per heavy atom. The predicted molar refractivity (Wildman–Crippen MR) is 446 cm³/mol. The molecule has 0 radical (unpaired) electrons. The van der Waals surface area contributed by atoms with Crippen molar-refractivity contribution >= 4 is 0 Å². The molecule has 0 amide bonds. The molecule has 0 aliphatic heterocycles. The number of hydrogen-bond donors (Lipinski definition) is 0. The normalized spacial score (nSPS) is 18.4. The third-order valence-corrected chi connectivity index (χ3v) is 22.5. The van der Waals surface area contributed by atoms with Crippen molar-refractivity contribution in [1.29, 1.82) is 0 Å². The molecule has 0 unspecified atom stereocenters. The van der Waals surface area contributed by atoms with Gasteiger partial charge in [-0.15, -0.1) is 0 Å². The summed E-state index contributed by atoms with van der Waals surface area (Å²) < 4.78 is 218. The van der Waals surface area contributed by atoms with Crippen LogP contribution in [0.1, 0.15) is 241 Å². The first-order valence-electron chi connectivity index (χ1n) is 41.1. The summed E-state index contributed by atoms with van der Waals surface area (Å²) in [5.41, 5.74) is 9.80. The highest BCUT2D eigenvalue weighted by Crippen LogP contribution is 2.44. The highest BCUT2D eigenvalue weighted by Gasteiger charge is 2.27. The largest absolute Gasteiger partial charge is 0.457 e. The molecule has 8 aromatic carbocycles. The lowest BCUT2D eigenvalue weighted by molar-refractivity contribution is 0.176. The van der Waals surface area contributed by atoms with Gasteiger partial charge < -0.3 is 18.9 Å². The summed E-state index contributed by atoms with van der Waals surface area (Å²) in [7, 11) is 0. The van der Waals surface area contributed by atoms with E-state index in [1.807, 2.05) is 60.7 Å². The van der Waals surface area contributed by atoms with Crippen LogP contribution in [0.3, 0.4) is 0 Å². The standard InChI is InChI=1S/C24H29F3O.C23H27F3O.C22H25F3O.C21H23F3O.4C2H3F/c1-2-3-4-5-17-6-8-18(9-7-17)19-10-12-20(13-11-19)21-14-22(26)24(28-16-25)23(27)15-21;1-2-3-4-16-5-7-17(8-6-16)18-9-11-19(12-10-18)20-13-21(25)23(27-15-24)22(26)14-20;1-2-3-15-4-6-16(7-5-15)17-8-10-18(11-9-17)19-12-20(24)22(26-14-23)21(25)13-19;1-2-14-3-5-15(6-4-14)16-7-9-17(10-8-16)18-11-19(23)21(25-13-22)20(24)12-18;4*1-2-3/h10-15,17-18H,2-9,16H2,1H3;9-14,16-17H,2-8,15H2,1H3;8-13,15-16H,2-7,14H2,1H3;7-12,14-15H,2-6,13H2,1H3;4*2H,1H2. The fraction of sp³-hybridized carbons (Fsp3) is 0.429. The van der Waals surface area contributed by atoms with E-state index in [-0.39, 0.29) is 25.3 Å². The van der Waals surface area contributed by atoms with Gasteiger partial charge in [0.1, 0.15) is 0 Å². The lowest BCUT2D eigenvalue weighted by Gasteiger charge is -2.29. The summed E-state index contributed by atoms with van der Waals surface area (Å²) in [5.74, 6) is -4.05. The highest BCUT2D eigenvalue weighted by atomic mass is 19.2. The minimum absolute atomic E-state index is 0.250. The van der Waals surface area contributed by atoms with Crippen LogP contribution in [-0.2, 0) is 0 Å². The van der Waals surface area contributed by atoms with Gasteiger partial charge in [-0.05, 0) is 265 Å². The van der Waals surface area contributed by atoms with Gasteiger partial charge in [0.15, 0.2) is 69.5 Å². The Morgan fingerprint density at radius 2 is 0.458 bits per heavy atom. The van der Waals surface area contributed by atoms with Crippen LogP contribution in [0.4, 0.5) is 70.2 Å². The monoisotopic (exact) mass is 1660 g/mol. The van der Waals surface area contributed by atoms with Gasteiger partial charge in [0, 0.05) is 0 Å². The van der Waals surface area contributed by atoms with Crippen molar-refractivity contribution in [1.82, 2.24) is 0 Å². The summed E-state index contributed by atoms with van der Waals surface area (Å²) in [6.07, 6.45) is 34.1. The molecule has 4 nitrogen and oxygen atoms in total. The van der Waals surface area contributed by atoms with Crippen molar-refractivity contribution in [2.75, 3.05) is 27.4 Å². The van der Waals surface area contributed by atoms with E-state index in [1.165, 1.54) is 238 Å². The van der Waals surface area contributed by atoms with E-state index in [0.29, 0.717) is 45.9 Å². The number of hydrogen-bond acceptors (Lipinski definition) is 4. The number of alkyl halides is 4. The SMILES string of the molecule is C=CF.C=CF.C=CF.C=CF.CCC1CCC(c2ccc(-c3cc(F)c(OCF)c(F)c3)cc2)CC1.CCCC1CCC(c2ccc(-c3cc(F)c(OCF)c(F)c3)cc2)CC1.CCCCC1CCC(c2ccc(-c3cc(F)c(OCF)c(F)c3)cc2)CC1.CCCCCC1CCC(c2ccc(-c3cc(F)c(OCF)c(F)c3)cc2)CC1. The van der Waals surface area contributed by atoms with Gasteiger partial charge in [0.25, 0.3) is 0 Å². The number of unbranched alkanes of at least 4 members (excludes halogenated alkanes) is 3. The number of benzene rings is 8. The van der Waals surface area contributed by atoms with Crippen LogP contribution in [0.25, 0.3) is 44.5 Å². The zero-order valence-electron chi connectivity index (χ0n) is 68.5. The van der Waals surface area contributed by atoms with E-state index in [4.69, 9.17) is 0 Å². The third kappa shape index (κ3) is 32.2. The lowest BCUT2D eigenvalue weighted by Crippen LogP contribution is -2.13. The molecule has 0 N–H and O–H groups in total. The van der Waals surface area contributed by atoms with E-state index in [2.05, 4.69) is 109 Å². The molecule has 4 fully saturated rings. The molecule has 0 saturated heterocycles. The molecule has 20 heteroatoms. The average Bonchev–Trinajstić information content (AvgIpc) is 0.830. The Balaban J connectivity index is 0.000000268. The van der Waals surface area contributed by atoms with Gasteiger partial charge in [-0.3, -0.25) is 0 Å². The fourth-order valence-electron chi connectivity index (χ4n) is 16.3. The first-order valence-corrected chi connectivity index (χ1v) is 41.1. The molecule has 0 bridgehead atoms. The van der Waals surface area contributed by atoms with Crippen molar-refractivity contribution in [3.63, 3.8) is 0 Å². The van der Waals surface area contributed by atoms with Crippen molar-refractivity contribution in [3.05, 3.63) is 266 Å². The number of halogens is 16. The van der Waals surface area contributed by atoms with Crippen LogP contribution in [0.15, 0.2) is 197 Å². The summed E-state index contributed by atoms with van der Waals surface area (Å²) in [5, 5.41) is 0. The van der Waals surface area contributed by atoms with E-state index in [1.54, 1.807) is 0 Å². The second-order valence-electron chi connectivity index (χ2n) is 29.9. The van der Waals surface area contributed by atoms with Crippen LogP contribution in [0.2, 0.25) is 0 Å². The molecule has 644 valence electrons. The lowest BCUT2D eigenvalue weighted by atomic mass is 9.77. The minimum Gasteiger partial charge on any atom is -0.457 e. The maximum atomic E-state index is 14.0. The summed E-state index contributed by atoms with van der Waals surface area (Å²) >= 11 is 0. The Kier molecular flexibility index (Phi) is 46.8. The number of ether oxygens (including phenoxy) is 4. The second kappa shape index (κ2) is 55.5. The highest BCUT2D eigenvalue weighted by molar-refractivity contribution is 5.68. The molecule has 0 aromatic heterocycles. The van der Waals surface area contributed by atoms with Crippen molar-refractivity contribution in [2.45, 2.75) is 218 Å². The Bertz CT molecular complexity index is 4050. The molecule has 8 aromatic rings. The Hall–Kier alpha value is -9.20. The molecule has 0 spiro atoms. The summed E-state index contributed by atoms with van der Waals surface area (Å²) in [6, 6.07) is 41.1. The molecule has 4 saturated carbocycles. The first-order chi connectivity index (χ1) is 57.1. The molecule has 118 heavy (non-hydrogen) atoms. The fourth-order valence-corrected chi connectivity index (χ4v) is 16.3. The smallest absolute Gasteiger partial charge is 0.228 e. The molecule has 4 aliphatic carbocycles. The molecule has 0 heterocycles. The van der Waals surface area contributed by atoms with Gasteiger partial charge in [0.2, 0.25) is 27.4 Å². The molecular formula is C98H116F16O4. The van der Waals surface area contributed by atoms with Crippen molar-refractivity contribution in [2.24, 2.45) is 23.7 Å². The quantitative estimate of drug-likeness (QED) is 0.0400. The third-order valence-electron chi connectivity index (χ3n) is 22.5. The van der Waals surface area contributed by atoms with E-state index in [9.17, 15) is 70.2 Å². The Morgan fingerprint density at radius 3 is 0.644 bits per heavy atom. The van der Waals surface area contributed by atoms with E-state index < -0.39 is 97.0 Å². The second-order valence-corrected chi connectivity index (χ2v) is 29.9. The number of rotatable bonds is 26. The van der Waals surface area contributed by atoms with Crippen molar-refractivity contribution in [3.8, 4) is 67.5 Å². The molecule has 0 atom stereocenters. The summed E-state index contributed by atoms with van der Waals surface area (Å²) in [4.78, 5) is 0. The van der Waals surface area contributed by atoms with Crippen LogP contribution in [0.5, 0.6) is 23.0 Å². The van der Waals surface area contributed by atoms with Gasteiger partial charge in [0.05, 0.1) is 25.3 Å².